The van der Waals surface area contributed by atoms with Crippen molar-refractivity contribution in [1.29, 1.82) is 0 Å². The second kappa shape index (κ2) is 4.84. The van der Waals surface area contributed by atoms with E-state index in [2.05, 4.69) is 15.2 Å². The van der Waals surface area contributed by atoms with E-state index < -0.39 is 0 Å². The zero-order valence-corrected chi connectivity index (χ0v) is 12.1. The van der Waals surface area contributed by atoms with Crippen molar-refractivity contribution in [2.45, 2.75) is 25.8 Å². The van der Waals surface area contributed by atoms with Crippen molar-refractivity contribution in [2.24, 2.45) is 5.92 Å². The van der Waals surface area contributed by atoms with Crippen molar-refractivity contribution in [1.82, 2.24) is 15.2 Å². The SMILES string of the molecule is Cc1coc2cnc(C(=O)N[C@@H]3C[C@H]4CCN(C4)C3)cc12. The number of rotatable bonds is 2. The van der Waals surface area contributed by atoms with Crippen LogP contribution >= 0.6 is 0 Å². The van der Waals surface area contributed by atoms with Crippen LogP contribution in [0.2, 0.25) is 0 Å². The van der Waals surface area contributed by atoms with Crippen LogP contribution in [0.25, 0.3) is 11.0 Å². The van der Waals surface area contributed by atoms with Crippen molar-refractivity contribution in [3.8, 4) is 0 Å². The van der Waals surface area contributed by atoms with Gasteiger partial charge in [-0.05, 0) is 43.9 Å². The molecule has 4 heterocycles. The highest BCUT2D eigenvalue weighted by atomic mass is 16.3. The largest absolute Gasteiger partial charge is 0.462 e. The van der Waals surface area contributed by atoms with Crippen LogP contribution in [0.4, 0.5) is 0 Å². The number of hydrogen-bond acceptors (Lipinski definition) is 4. The Morgan fingerprint density at radius 2 is 2.38 bits per heavy atom. The van der Waals surface area contributed by atoms with Crippen LogP contribution in [-0.2, 0) is 0 Å². The Bertz CT molecular complexity index is 682. The molecule has 0 aromatic carbocycles. The van der Waals surface area contributed by atoms with Crippen LogP contribution in [0, 0.1) is 12.8 Å². The number of hydrogen-bond donors (Lipinski definition) is 1. The van der Waals surface area contributed by atoms with E-state index in [0.29, 0.717) is 5.69 Å². The zero-order chi connectivity index (χ0) is 14.4. The van der Waals surface area contributed by atoms with Gasteiger partial charge in [-0.1, -0.05) is 0 Å². The lowest BCUT2D eigenvalue weighted by molar-refractivity contribution is 0.0904. The molecular weight excluding hydrogens is 266 g/mol. The lowest BCUT2D eigenvalue weighted by atomic mass is 9.97. The first-order valence-electron chi connectivity index (χ1n) is 7.56. The maximum absolute atomic E-state index is 12.4. The molecule has 110 valence electrons. The molecule has 0 spiro atoms. The van der Waals surface area contributed by atoms with Crippen molar-refractivity contribution >= 4 is 16.9 Å². The summed E-state index contributed by atoms with van der Waals surface area (Å²) in [6, 6.07) is 2.07. The fraction of sp³-hybridized carbons (Fsp3) is 0.500. The number of furan rings is 1. The van der Waals surface area contributed by atoms with Crippen LogP contribution in [-0.4, -0.2) is 41.5 Å². The molecule has 1 N–H and O–H groups in total. The third-order valence-electron chi connectivity index (χ3n) is 4.69. The molecule has 2 aliphatic rings. The highest BCUT2D eigenvalue weighted by Crippen LogP contribution is 2.27. The molecule has 1 unspecified atom stereocenters. The predicted octanol–water partition coefficient (Wildman–Crippen LogP) is 1.96. The van der Waals surface area contributed by atoms with E-state index in [-0.39, 0.29) is 11.9 Å². The molecule has 2 bridgehead atoms. The monoisotopic (exact) mass is 285 g/mol. The number of pyridine rings is 1. The topological polar surface area (TPSA) is 58.4 Å². The van der Waals surface area contributed by atoms with Gasteiger partial charge in [0.2, 0.25) is 0 Å². The third kappa shape index (κ3) is 2.31. The van der Waals surface area contributed by atoms with Gasteiger partial charge in [-0.15, -0.1) is 0 Å². The van der Waals surface area contributed by atoms with Crippen molar-refractivity contribution in [3.05, 3.63) is 29.8 Å². The van der Waals surface area contributed by atoms with E-state index in [1.807, 2.05) is 13.0 Å². The molecule has 3 atom stereocenters. The summed E-state index contributed by atoms with van der Waals surface area (Å²) in [5, 5.41) is 4.10. The number of carbonyl (C=O) groups is 1. The molecule has 5 heteroatoms. The Labute approximate surface area is 123 Å². The van der Waals surface area contributed by atoms with Gasteiger partial charge in [0.1, 0.15) is 5.69 Å². The molecule has 0 saturated carbocycles. The molecular formula is C16H19N3O2. The molecule has 0 aliphatic carbocycles. The molecule has 21 heavy (non-hydrogen) atoms. The maximum Gasteiger partial charge on any atom is 0.270 e. The highest BCUT2D eigenvalue weighted by molar-refractivity contribution is 5.96. The highest BCUT2D eigenvalue weighted by Gasteiger charge is 2.33. The van der Waals surface area contributed by atoms with Gasteiger partial charge >= 0.3 is 0 Å². The van der Waals surface area contributed by atoms with Crippen LogP contribution in [0.3, 0.4) is 0 Å². The summed E-state index contributed by atoms with van der Waals surface area (Å²) in [4.78, 5) is 19.1. The van der Waals surface area contributed by atoms with E-state index >= 15 is 0 Å². The standard InChI is InChI=1S/C16H19N3O2/c1-10-9-21-15-6-17-14(5-13(10)15)16(20)18-12-4-11-2-3-19(7-11)8-12/h5-6,9,11-12H,2-4,7-8H2,1H3,(H,18,20)/t11-,12-/m1/s1. The summed E-state index contributed by atoms with van der Waals surface area (Å²) in [5.41, 5.74) is 2.23. The second-order valence-corrected chi connectivity index (χ2v) is 6.30. The average Bonchev–Trinajstić information content (AvgIpc) is 3.02. The molecule has 2 aliphatic heterocycles. The Hall–Kier alpha value is -1.88. The van der Waals surface area contributed by atoms with Gasteiger partial charge in [0.15, 0.2) is 5.58 Å². The molecule has 5 nitrogen and oxygen atoms in total. The van der Waals surface area contributed by atoms with Crippen LogP contribution in [0.5, 0.6) is 0 Å². The molecule has 4 rings (SSSR count). The molecule has 2 aromatic rings. The first-order chi connectivity index (χ1) is 10.2. The number of aromatic nitrogens is 1. The molecule has 2 aromatic heterocycles. The summed E-state index contributed by atoms with van der Waals surface area (Å²) in [6.07, 6.45) is 5.69. The number of piperidine rings is 1. The maximum atomic E-state index is 12.4. The Morgan fingerprint density at radius 1 is 1.48 bits per heavy atom. The smallest absolute Gasteiger partial charge is 0.270 e. The quantitative estimate of drug-likeness (QED) is 0.916. The Kier molecular flexibility index (Phi) is 2.96. The molecule has 2 fully saturated rings. The third-order valence-corrected chi connectivity index (χ3v) is 4.69. The molecule has 0 radical (unpaired) electrons. The summed E-state index contributed by atoms with van der Waals surface area (Å²) < 4.78 is 5.37. The summed E-state index contributed by atoms with van der Waals surface area (Å²) in [6.45, 7) is 5.31. The molecule has 2 saturated heterocycles. The lowest BCUT2D eigenvalue weighted by Gasteiger charge is -2.30. The normalized spacial score (nSPS) is 28.0. The van der Waals surface area contributed by atoms with Crippen molar-refractivity contribution < 1.29 is 9.21 Å². The first-order valence-corrected chi connectivity index (χ1v) is 7.56. The van der Waals surface area contributed by atoms with Gasteiger partial charge in [0.05, 0.1) is 12.5 Å². The fourth-order valence-corrected chi connectivity index (χ4v) is 3.61. The molecule has 1 amide bonds. The first kappa shape index (κ1) is 12.8. The van der Waals surface area contributed by atoms with Gasteiger partial charge in [-0.3, -0.25) is 4.79 Å². The van der Waals surface area contributed by atoms with E-state index in [1.165, 1.54) is 19.5 Å². The Morgan fingerprint density at radius 3 is 3.24 bits per heavy atom. The van der Waals surface area contributed by atoms with Crippen molar-refractivity contribution in [2.75, 3.05) is 19.6 Å². The number of carbonyl (C=O) groups excluding carboxylic acids is 1. The number of nitrogens with zero attached hydrogens (tertiary/aromatic N) is 2. The van der Waals surface area contributed by atoms with E-state index in [1.54, 1.807) is 12.5 Å². The van der Waals surface area contributed by atoms with Crippen LogP contribution in [0.1, 0.15) is 28.9 Å². The van der Waals surface area contributed by atoms with Crippen LogP contribution < -0.4 is 5.32 Å². The summed E-state index contributed by atoms with van der Waals surface area (Å²) in [5.74, 6) is 0.667. The second-order valence-electron chi connectivity index (χ2n) is 6.30. The predicted molar refractivity (Wildman–Crippen MR) is 79.2 cm³/mol. The van der Waals surface area contributed by atoms with Crippen molar-refractivity contribution in [3.63, 3.8) is 0 Å². The fourth-order valence-electron chi connectivity index (χ4n) is 3.61. The number of nitrogens with one attached hydrogen (secondary N) is 1. The van der Waals surface area contributed by atoms with Gasteiger partial charge in [0, 0.05) is 24.5 Å². The Balaban J connectivity index is 1.52. The number of fused-ring (bicyclic) bond motifs is 3. The van der Waals surface area contributed by atoms with Gasteiger partial charge in [-0.25, -0.2) is 4.98 Å². The van der Waals surface area contributed by atoms with E-state index in [9.17, 15) is 4.79 Å². The minimum Gasteiger partial charge on any atom is -0.462 e. The zero-order valence-electron chi connectivity index (χ0n) is 12.1. The summed E-state index contributed by atoms with van der Waals surface area (Å²) >= 11 is 0. The number of amides is 1. The average molecular weight is 285 g/mol. The minimum atomic E-state index is -0.0787. The number of aryl methyl sites for hydroxylation is 1. The van der Waals surface area contributed by atoms with Gasteiger partial charge < -0.3 is 14.6 Å². The lowest BCUT2D eigenvalue weighted by Crippen LogP contribution is -2.47. The van der Waals surface area contributed by atoms with E-state index in [0.717, 1.165) is 35.4 Å². The minimum absolute atomic E-state index is 0.0787. The van der Waals surface area contributed by atoms with Crippen LogP contribution in [0.15, 0.2) is 22.9 Å². The van der Waals surface area contributed by atoms with Gasteiger partial charge in [-0.2, -0.15) is 0 Å². The summed E-state index contributed by atoms with van der Waals surface area (Å²) in [7, 11) is 0. The van der Waals surface area contributed by atoms with E-state index in [4.69, 9.17) is 4.42 Å². The van der Waals surface area contributed by atoms with Gasteiger partial charge in [0.25, 0.3) is 5.91 Å².